The second-order valence-electron chi connectivity index (χ2n) is 8.91. The van der Waals surface area contributed by atoms with Gasteiger partial charge in [-0.15, -0.1) is 0 Å². The van der Waals surface area contributed by atoms with Crippen molar-refractivity contribution < 1.29 is 24.0 Å². The van der Waals surface area contributed by atoms with Crippen LogP contribution in [0.3, 0.4) is 0 Å². The molecule has 0 radical (unpaired) electrons. The topological polar surface area (TPSA) is 108 Å². The van der Waals surface area contributed by atoms with E-state index in [1.165, 1.54) is 25.3 Å². The zero-order valence-corrected chi connectivity index (χ0v) is 21.4. The highest BCUT2D eigenvalue weighted by Gasteiger charge is 2.38. The first-order valence-corrected chi connectivity index (χ1v) is 12.1. The third kappa shape index (κ3) is 5.64. The lowest BCUT2D eigenvalue weighted by molar-refractivity contribution is -0.384. The maximum Gasteiger partial charge on any atom is 0.336 e. The van der Waals surface area contributed by atoms with E-state index in [0.717, 1.165) is 16.3 Å². The second-order valence-corrected chi connectivity index (χ2v) is 8.91. The van der Waals surface area contributed by atoms with Crippen molar-refractivity contribution in [1.29, 1.82) is 0 Å². The summed E-state index contributed by atoms with van der Waals surface area (Å²) in [6, 6.07) is 20.2. The van der Waals surface area contributed by atoms with Gasteiger partial charge in [-0.05, 0) is 48.2 Å². The summed E-state index contributed by atoms with van der Waals surface area (Å²) >= 11 is 0. The van der Waals surface area contributed by atoms with Crippen LogP contribution in [0.15, 0.2) is 95.3 Å². The molecule has 1 unspecified atom stereocenters. The fourth-order valence-electron chi connectivity index (χ4n) is 4.62. The summed E-state index contributed by atoms with van der Waals surface area (Å²) in [4.78, 5) is 36.9. The summed E-state index contributed by atoms with van der Waals surface area (Å²) in [6.07, 6.45) is 4.39. The zero-order valence-electron chi connectivity index (χ0n) is 21.4. The number of nitro groups is 1. The number of nitrogens with one attached hydrogen (secondary N) is 1. The van der Waals surface area contributed by atoms with Gasteiger partial charge in [0.05, 0.1) is 35.7 Å². The zero-order chi connectivity index (χ0) is 27.2. The average Bonchev–Trinajstić information content (AvgIpc) is 2.91. The minimum atomic E-state index is -0.885. The van der Waals surface area contributed by atoms with Crippen LogP contribution in [0.1, 0.15) is 37.3 Å². The molecule has 1 N–H and O–H groups in total. The van der Waals surface area contributed by atoms with Gasteiger partial charge < -0.3 is 14.8 Å². The van der Waals surface area contributed by atoms with Crippen LogP contribution >= 0.6 is 0 Å². The summed E-state index contributed by atoms with van der Waals surface area (Å²) in [7, 11) is 1.25. The number of esters is 2. The minimum Gasteiger partial charge on any atom is -0.466 e. The summed E-state index contributed by atoms with van der Waals surface area (Å²) < 4.78 is 10.6. The minimum absolute atomic E-state index is 0.123. The lowest BCUT2D eigenvalue weighted by Gasteiger charge is -2.30. The van der Waals surface area contributed by atoms with Crippen LogP contribution < -0.4 is 5.32 Å². The van der Waals surface area contributed by atoms with E-state index < -0.39 is 22.8 Å². The molecule has 0 saturated carbocycles. The van der Waals surface area contributed by atoms with Crippen molar-refractivity contribution in [1.82, 2.24) is 5.32 Å². The first kappa shape index (κ1) is 26.3. The van der Waals surface area contributed by atoms with Gasteiger partial charge in [0.1, 0.15) is 0 Å². The van der Waals surface area contributed by atoms with E-state index in [1.807, 2.05) is 30.4 Å². The number of ether oxygens (including phenoxy) is 2. The predicted molar refractivity (Wildman–Crippen MR) is 145 cm³/mol. The molecule has 1 atom stereocenters. The van der Waals surface area contributed by atoms with Crippen LogP contribution in [-0.2, 0) is 19.1 Å². The van der Waals surface area contributed by atoms with Crippen LogP contribution in [0, 0.1) is 10.1 Å². The van der Waals surface area contributed by atoms with Gasteiger partial charge in [-0.3, -0.25) is 10.1 Å². The molecule has 194 valence electrons. The Morgan fingerprint density at radius 3 is 2.37 bits per heavy atom. The molecule has 0 bridgehead atoms. The Bertz CT molecular complexity index is 1500. The normalized spacial score (nSPS) is 15.5. The first-order valence-electron chi connectivity index (χ1n) is 12.1. The van der Waals surface area contributed by atoms with Crippen molar-refractivity contribution >= 4 is 34.5 Å². The van der Waals surface area contributed by atoms with Gasteiger partial charge in [0, 0.05) is 23.5 Å². The number of rotatable bonds is 8. The monoisotopic (exact) mass is 512 g/mol. The maximum atomic E-state index is 13.3. The number of nitro benzene ring substituents is 1. The molecule has 0 amide bonds. The second kappa shape index (κ2) is 11.6. The number of carbonyl (C=O) groups excluding carboxylic acids is 2. The molecule has 0 fully saturated rings. The molecule has 8 nitrogen and oxygen atoms in total. The van der Waals surface area contributed by atoms with Crippen LogP contribution in [0.2, 0.25) is 0 Å². The van der Waals surface area contributed by atoms with Gasteiger partial charge in [0.2, 0.25) is 0 Å². The van der Waals surface area contributed by atoms with Gasteiger partial charge in [-0.1, -0.05) is 60.7 Å². The Morgan fingerprint density at radius 1 is 0.947 bits per heavy atom. The van der Waals surface area contributed by atoms with E-state index in [1.54, 1.807) is 19.9 Å². The highest BCUT2D eigenvalue weighted by Crippen LogP contribution is 2.40. The van der Waals surface area contributed by atoms with E-state index in [9.17, 15) is 19.7 Å². The van der Waals surface area contributed by atoms with E-state index in [-0.39, 0.29) is 23.4 Å². The third-order valence-electron chi connectivity index (χ3n) is 6.40. The van der Waals surface area contributed by atoms with E-state index in [2.05, 4.69) is 29.6 Å². The molecule has 4 rings (SSSR count). The number of non-ortho nitro benzene ring substituents is 1. The third-order valence-corrected chi connectivity index (χ3v) is 6.40. The SMILES string of the molecule is COC(=O)C1=C(C)NC(C)=C(C(=O)OCC/C=C\c2ccc3ccccc3c2)C1c1cccc([N+](=O)[O-])c1. The lowest BCUT2D eigenvalue weighted by atomic mass is 9.80. The van der Waals surface area contributed by atoms with Crippen molar-refractivity contribution in [2.75, 3.05) is 13.7 Å². The number of dihydropyridines is 1. The van der Waals surface area contributed by atoms with E-state index >= 15 is 0 Å². The molecule has 1 aliphatic heterocycles. The number of allylic oxidation sites excluding steroid dienone is 2. The Balaban J connectivity index is 1.53. The molecule has 0 aliphatic carbocycles. The molecule has 1 aliphatic rings. The molecule has 38 heavy (non-hydrogen) atoms. The maximum absolute atomic E-state index is 13.3. The number of fused-ring (bicyclic) bond motifs is 1. The molecule has 3 aromatic carbocycles. The quantitative estimate of drug-likeness (QED) is 0.176. The highest BCUT2D eigenvalue weighted by atomic mass is 16.6. The van der Waals surface area contributed by atoms with E-state index in [0.29, 0.717) is 23.4 Å². The largest absolute Gasteiger partial charge is 0.466 e. The molecule has 3 aromatic rings. The Hall–Kier alpha value is -4.72. The number of nitrogens with zero attached hydrogens (tertiary/aromatic N) is 1. The van der Waals surface area contributed by atoms with Gasteiger partial charge in [-0.25, -0.2) is 9.59 Å². The fourth-order valence-corrected chi connectivity index (χ4v) is 4.62. The van der Waals surface area contributed by atoms with E-state index in [4.69, 9.17) is 9.47 Å². The molecule has 0 aromatic heterocycles. The molecule has 8 heteroatoms. The predicted octanol–water partition coefficient (Wildman–Crippen LogP) is 5.80. The number of carbonyl (C=O) groups is 2. The number of benzene rings is 3. The first-order chi connectivity index (χ1) is 18.3. The van der Waals surface area contributed by atoms with Crippen molar-refractivity contribution in [2.45, 2.75) is 26.2 Å². The Labute approximate surface area is 220 Å². The summed E-state index contributed by atoms with van der Waals surface area (Å²) in [5.74, 6) is -2.13. The fraction of sp³-hybridized carbons (Fsp3) is 0.200. The lowest BCUT2D eigenvalue weighted by Crippen LogP contribution is -2.32. The molecular weight excluding hydrogens is 484 g/mol. The smallest absolute Gasteiger partial charge is 0.336 e. The Kier molecular flexibility index (Phi) is 8.01. The Morgan fingerprint density at radius 2 is 1.66 bits per heavy atom. The van der Waals surface area contributed by atoms with Crippen molar-refractivity contribution in [2.24, 2.45) is 0 Å². The van der Waals surface area contributed by atoms with Crippen LogP contribution in [0.5, 0.6) is 0 Å². The molecule has 0 spiro atoms. The van der Waals surface area contributed by atoms with Crippen molar-refractivity contribution in [3.63, 3.8) is 0 Å². The standard InChI is InChI=1S/C30H28N2O6/c1-19-26(29(33)37-3)28(24-12-8-13-25(18-24)32(35)36)27(20(2)31-19)30(34)38-16-7-6-9-21-14-15-22-10-4-5-11-23(22)17-21/h4-6,8-15,17-18,28,31H,7,16H2,1-3H3/b9-6-. The molecule has 1 heterocycles. The number of hydrogen-bond donors (Lipinski definition) is 1. The number of methoxy groups -OCH3 is 1. The van der Waals surface area contributed by atoms with Crippen LogP contribution in [0.4, 0.5) is 5.69 Å². The summed E-state index contributed by atoms with van der Waals surface area (Å²) in [5, 5.41) is 16.8. The van der Waals surface area contributed by atoms with Crippen molar-refractivity contribution in [3.8, 4) is 0 Å². The molecular formula is C30H28N2O6. The molecule has 0 saturated heterocycles. The summed E-state index contributed by atoms with van der Waals surface area (Å²) in [6.45, 7) is 3.52. The number of hydrogen-bond acceptors (Lipinski definition) is 7. The average molecular weight is 513 g/mol. The van der Waals surface area contributed by atoms with Gasteiger partial charge in [-0.2, -0.15) is 0 Å². The van der Waals surface area contributed by atoms with Crippen LogP contribution in [0.25, 0.3) is 16.8 Å². The van der Waals surface area contributed by atoms with Gasteiger partial charge in [0.25, 0.3) is 5.69 Å². The summed E-state index contributed by atoms with van der Waals surface area (Å²) in [5.41, 5.74) is 2.72. The van der Waals surface area contributed by atoms with Crippen molar-refractivity contribution in [3.05, 3.63) is 117 Å². The van der Waals surface area contributed by atoms with Gasteiger partial charge in [0.15, 0.2) is 0 Å². The highest BCUT2D eigenvalue weighted by molar-refractivity contribution is 6.00. The van der Waals surface area contributed by atoms with Gasteiger partial charge >= 0.3 is 11.9 Å². The van der Waals surface area contributed by atoms with Crippen LogP contribution in [-0.4, -0.2) is 30.6 Å².